The molecule has 1 aromatic heterocycles. The first kappa shape index (κ1) is 17.8. The number of hydrogen-bond donors (Lipinski definition) is 0. The van der Waals surface area contributed by atoms with Gasteiger partial charge in [0.25, 0.3) is 0 Å². The van der Waals surface area contributed by atoms with Crippen molar-refractivity contribution in [3.8, 4) is 5.69 Å². The number of aromatic nitrogens is 3. The lowest BCUT2D eigenvalue weighted by Crippen LogP contribution is -2.37. The molecule has 0 radical (unpaired) electrons. The van der Waals surface area contributed by atoms with Gasteiger partial charge in [-0.3, -0.25) is 9.47 Å². The van der Waals surface area contributed by atoms with E-state index in [4.69, 9.17) is 11.6 Å². The molecule has 0 fully saturated rings. The van der Waals surface area contributed by atoms with E-state index in [9.17, 15) is 4.79 Å². The van der Waals surface area contributed by atoms with Crippen molar-refractivity contribution in [3.63, 3.8) is 0 Å². The summed E-state index contributed by atoms with van der Waals surface area (Å²) >= 11 is 5.94. The fourth-order valence-electron chi connectivity index (χ4n) is 3.34. The maximum Gasteiger partial charge on any atom is 0.350 e. The number of halogens is 1. The Labute approximate surface area is 163 Å². The monoisotopic (exact) mass is 383 g/mol. The van der Waals surface area contributed by atoms with Crippen molar-refractivity contribution in [3.05, 3.63) is 75.4 Å². The molecule has 0 atom stereocenters. The van der Waals surface area contributed by atoms with Gasteiger partial charge in [0.15, 0.2) is 0 Å². The van der Waals surface area contributed by atoms with Crippen molar-refractivity contribution in [2.75, 3.05) is 25.5 Å². The van der Waals surface area contributed by atoms with E-state index in [-0.39, 0.29) is 5.69 Å². The van der Waals surface area contributed by atoms with Crippen LogP contribution in [0.15, 0.2) is 53.3 Å². The van der Waals surface area contributed by atoms with Gasteiger partial charge in [0.05, 0.1) is 12.2 Å². The lowest BCUT2D eigenvalue weighted by atomic mass is 10.2. The van der Waals surface area contributed by atoms with Crippen LogP contribution in [0.2, 0.25) is 5.02 Å². The summed E-state index contributed by atoms with van der Waals surface area (Å²) in [5, 5.41) is 5.20. The molecule has 1 aliphatic heterocycles. The lowest BCUT2D eigenvalue weighted by molar-refractivity contribution is 0.207. The largest absolute Gasteiger partial charge is 0.378 e. The fourth-order valence-corrected chi connectivity index (χ4v) is 3.47. The van der Waals surface area contributed by atoms with Gasteiger partial charge in [-0.2, -0.15) is 4.68 Å². The van der Waals surface area contributed by atoms with Crippen LogP contribution in [0.3, 0.4) is 0 Å². The molecule has 0 saturated heterocycles. The highest BCUT2D eigenvalue weighted by molar-refractivity contribution is 6.30. The fraction of sp³-hybridized carbons (Fsp3) is 0.300. The average molecular weight is 384 g/mol. The second kappa shape index (κ2) is 7.21. The summed E-state index contributed by atoms with van der Waals surface area (Å²) < 4.78 is 3.22. The second-order valence-corrected chi connectivity index (χ2v) is 7.45. The van der Waals surface area contributed by atoms with Crippen LogP contribution < -0.4 is 10.6 Å². The Hall–Kier alpha value is -2.57. The SMILES string of the molecule is CN(C)c1ccc(CN2CCn3c(nn(-c4ccc(Cl)cc4)c3=O)C2)cc1. The van der Waals surface area contributed by atoms with Gasteiger partial charge in [-0.1, -0.05) is 23.7 Å². The smallest absolute Gasteiger partial charge is 0.350 e. The Morgan fingerprint density at radius 1 is 1.04 bits per heavy atom. The van der Waals surface area contributed by atoms with Gasteiger partial charge in [-0.25, -0.2) is 4.79 Å². The molecular formula is C20H22ClN5O. The zero-order chi connectivity index (χ0) is 19.0. The van der Waals surface area contributed by atoms with Gasteiger partial charge in [-0.15, -0.1) is 5.10 Å². The van der Waals surface area contributed by atoms with Crippen LogP contribution in [-0.2, 0) is 19.6 Å². The number of fused-ring (bicyclic) bond motifs is 1. The molecule has 0 bridgehead atoms. The number of rotatable bonds is 4. The molecule has 27 heavy (non-hydrogen) atoms. The minimum atomic E-state index is -0.0951. The first-order valence-corrected chi connectivity index (χ1v) is 9.32. The summed E-state index contributed by atoms with van der Waals surface area (Å²) in [4.78, 5) is 17.1. The molecule has 140 valence electrons. The summed E-state index contributed by atoms with van der Waals surface area (Å²) in [6, 6.07) is 15.7. The molecule has 3 aromatic rings. The molecule has 2 aromatic carbocycles. The Bertz CT molecular complexity index is 989. The molecule has 2 heterocycles. The normalized spacial score (nSPS) is 14.2. The predicted molar refractivity (Wildman–Crippen MR) is 108 cm³/mol. The highest BCUT2D eigenvalue weighted by atomic mass is 35.5. The summed E-state index contributed by atoms with van der Waals surface area (Å²) in [5.41, 5.74) is 3.08. The summed E-state index contributed by atoms with van der Waals surface area (Å²) in [5.74, 6) is 0.797. The van der Waals surface area contributed by atoms with Crippen molar-refractivity contribution in [1.29, 1.82) is 0 Å². The third-order valence-electron chi connectivity index (χ3n) is 4.87. The van der Waals surface area contributed by atoms with E-state index >= 15 is 0 Å². The minimum Gasteiger partial charge on any atom is -0.378 e. The van der Waals surface area contributed by atoms with Gasteiger partial charge >= 0.3 is 5.69 Å². The highest BCUT2D eigenvalue weighted by Gasteiger charge is 2.22. The Morgan fingerprint density at radius 2 is 1.74 bits per heavy atom. The van der Waals surface area contributed by atoms with E-state index in [0.717, 1.165) is 24.6 Å². The molecule has 7 heteroatoms. The summed E-state index contributed by atoms with van der Waals surface area (Å²) in [6.45, 7) is 2.98. The van der Waals surface area contributed by atoms with Gasteiger partial charge in [0.1, 0.15) is 5.82 Å². The first-order valence-electron chi connectivity index (χ1n) is 8.94. The van der Waals surface area contributed by atoms with Crippen molar-refractivity contribution in [2.45, 2.75) is 19.6 Å². The maximum absolute atomic E-state index is 12.7. The zero-order valence-electron chi connectivity index (χ0n) is 15.5. The van der Waals surface area contributed by atoms with Crippen molar-refractivity contribution in [1.82, 2.24) is 19.2 Å². The molecule has 6 nitrogen and oxygen atoms in total. The summed E-state index contributed by atoms with van der Waals surface area (Å²) in [7, 11) is 4.08. The van der Waals surface area contributed by atoms with E-state index in [1.165, 1.54) is 15.9 Å². The molecule has 0 spiro atoms. The predicted octanol–water partition coefficient (Wildman–Crippen LogP) is 2.77. The highest BCUT2D eigenvalue weighted by Crippen LogP contribution is 2.17. The van der Waals surface area contributed by atoms with E-state index < -0.39 is 0 Å². The quantitative estimate of drug-likeness (QED) is 0.695. The van der Waals surface area contributed by atoms with Crippen LogP contribution in [0, 0.1) is 0 Å². The van der Waals surface area contributed by atoms with E-state index in [2.05, 4.69) is 39.2 Å². The number of anilines is 1. The van der Waals surface area contributed by atoms with Crippen LogP contribution in [0.1, 0.15) is 11.4 Å². The molecule has 0 unspecified atom stereocenters. The first-order chi connectivity index (χ1) is 13.0. The van der Waals surface area contributed by atoms with E-state index in [1.54, 1.807) is 16.7 Å². The van der Waals surface area contributed by atoms with Crippen LogP contribution in [-0.4, -0.2) is 39.9 Å². The third kappa shape index (κ3) is 3.63. The second-order valence-electron chi connectivity index (χ2n) is 7.01. The van der Waals surface area contributed by atoms with Crippen LogP contribution >= 0.6 is 11.6 Å². The number of hydrogen-bond acceptors (Lipinski definition) is 4. The van der Waals surface area contributed by atoms with E-state index in [1.807, 2.05) is 26.2 Å². The molecular weight excluding hydrogens is 362 g/mol. The number of nitrogens with zero attached hydrogens (tertiary/aromatic N) is 5. The zero-order valence-corrected chi connectivity index (χ0v) is 16.2. The van der Waals surface area contributed by atoms with Gasteiger partial charge in [-0.05, 0) is 42.0 Å². The maximum atomic E-state index is 12.7. The van der Waals surface area contributed by atoms with Gasteiger partial charge in [0, 0.05) is 44.4 Å². The Morgan fingerprint density at radius 3 is 2.41 bits per heavy atom. The molecule has 1 aliphatic rings. The van der Waals surface area contributed by atoms with Crippen LogP contribution in [0.4, 0.5) is 5.69 Å². The van der Waals surface area contributed by atoms with Crippen molar-refractivity contribution in [2.24, 2.45) is 0 Å². The van der Waals surface area contributed by atoms with Crippen molar-refractivity contribution >= 4 is 17.3 Å². The van der Waals surface area contributed by atoms with Crippen molar-refractivity contribution < 1.29 is 0 Å². The molecule has 0 saturated carbocycles. The number of benzene rings is 2. The summed E-state index contributed by atoms with van der Waals surface area (Å²) in [6.07, 6.45) is 0. The van der Waals surface area contributed by atoms with Crippen LogP contribution in [0.25, 0.3) is 5.69 Å². The van der Waals surface area contributed by atoms with Gasteiger partial charge < -0.3 is 4.90 Å². The standard InChI is InChI=1S/C20H22ClN5O/c1-23(2)17-7-3-15(4-8-17)13-24-11-12-25-19(14-24)22-26(20(25)27)18-9-5-16(21)6-10-18/h3-10H,11-14H2,1-2H3. The topological polar surface area (TPSA) is 46.3 Å². The molecule has 0 amide bonds. The third-order valence-corrected chi connectivity index (χ3v) is 5.13. The van der Waals surface area contributed by atoms with E-state index in [0.29, 0.717) is 18.1 Å². The van der Waals surface area contributed by atoms with Crippen LogP contribution in [0.5, 0.6) is 0 Å². The molecule has 0 aliphatic carbocycles. The Kier molecular flexibility index (Phi) is 4.76. The molecule has 0 N–H and O–H groups in total. The van der Waals surface area contributed by atoms with Gasteiger partial charge in [0.2, 0.25) is 0 Å². The lowest BCUT2D eigenvalue weighted by Gasteiger charge is -2.26. The average Bonchev–Trinajstić information content (AvgIpc) is 2.99. The molecule has 4 rings (SSSR count). The minimum absolute atomic E-state index is 0.0951. The Balaban J connectivity index is 1.52.